The Morgan fingerprint density at radius 2 is 1.95 bits per heavy atom. The average Bonchev–Trinajstić information content (AvgIpc) is 3.22. The topological polar surface area (TPSA) is 47.2 Å². The summed E-state index contributed by atoms with van der Waals surface area (Å²) >= 11 is 0. The first-order valence-corrected chi connectivity index (χ1v) is 8.21. The Hall–Kier alpha value is -1.97. The van der Waals surface area contributed by atoms with Gasteiger partial charge in [0.15, 0.2) is 0 Å². The van der Waals surface area contributed by atoms with E-state index in [1.807, 2.05) is 24.3 Å². The molecule has 118 valence electrons. The van der Waals surface area contributed by atoms with Crippen molar-refractivity contribution in [3.63, 3.8) is 0 Å². The number of nitrogens with zero attached hydrogens (tertiary/aromatic N) is 1. The molecule has 2 heterocycles. The lowest BCUT2D eigenvalue weighted by molar-refractivity contribution is -0.123. The van der Waals surface area contributed by atoms with Crippen LogP contribution in [0.2, 0.25) is 0 Å². The van der Waals surface area contributed by atoms with E-state index >= 15 is 0 Å². The predicted molar refractivity (Wildman–Crippen MR) is 85.5 cm³/mol. The van der Waals surface area contributed by atoms with Gasteiger partial charge in [-0.05, 0) is 37.1 Å². The number of rotatable bonds is 6. The van der Waals surface area contributed by atoms with Crippen molar-refractivity contribution in [2.45, 2.75) is 50.5 Å². The standard InChI is InChI=1S/C18H24N2O2/c21-17(19-11-8-16-7-6-14-22-16)15-18(9-2-1-3-10-18)20-12-4-5-13-20/h4-7,12-14H,1-3,8-11,15H2,(H,19,21). The molecule has 4 nitrogen and oxygen atoms in total. The summed E-state index contributed by atoms with van der Waals surface area (Å²) in [6.45, 7) is 0.633. The van der Waals surface area contributed by atoms with Gasteiger partial charge in [0.25, 0.3) is 0 Å². The molecular weight excluding hydrogens is 276 g/mol. The van der Waals surface area contributed by atoms with Crippen LogP contribution in [0.1, 0.15) is 44.3 Å². The van der Waals surface area contributed by atoms with Gasteiger partial charge in [0.2, 0.25) is 5.91 Å². The number of hydrogen-bond donors (Lipinski definition) is 1. The second-order valence-corrected chi connectivity index (χ2v) is 6.23. The van der Waals surface area contributed by atoms with Crippen molar-refractivity contribution in [2.75, 3.05) is 6.54 Å². The monoisotopic (exact) mass is 300 g/mol. The molecule has 0 aliphatic heterocycles. The molecule has 1 aliphatic rings. The highest BCUT2D eigenvalue weighted by atomic mass is 16.3. The van der Waals surface area contributed by atoms with Gasteiger partial charge in [-0.2, -0.15) is 0 Å². The number of amides is 1. The van der Waals surface area contributed by atoms with E-state index in [0.29, 0.717) is 13.0 Å². The highest BCUT2D eigenvalue weighted by molar-refractivity contribution is 5.77. The molecule has 3 rings (SSSR count). The average molecular weight is 300 g/mol. The van der Waals surface area contributed by atoms with E-state index in [4.69, 9.17) is 4.42 Å². The van der Waals surface area contributed by atoms with Gasteiger partial charge < -0.3 is 14.3 Å². The molecule has 0 aromatic carbocycles. The van der Waals surface area contributed by atoms with Crippen LogP contribution in [0.4, 0.5) is 0 Å². The summed E-state index contributed by atoms with van der Waals surface area (Å²) < 4.78 is 7.54. The number of carbonyl (C=O) groups is 1. The van der Waals surface area contributed by atoms with Crippen molar-refractivity contribution in [3.8, 4) is 0 Å². The molecule has 1 amide bonds. The summed E-state index contributed by atoms with van der Waals surface area (Å²) in [5, 5.41) is 3.04. The molecule has 22 heavy (non-hydrogen) atoms. The van der Waals surface area contributed by atoms with Gasteiger partial charge in [-0.25, -0.2) is 0 Å². The van der Waals surface area contributed by atoms with Crippen LogP contribution in [0.25, 0.3) is 0 Å². The van der Waals surface area contributed by atoms with Gasteiger partial charge in [-0.1, -0.05) is 19.3 Å². The lowest BCUT2D eigenvalue weighted by Crippen LogP contribution is -2.41. The number of aromatic nitrogens is 1. The Kier molecular flexibility index (Phi) is 4.66. The van der Waals surface area contributed by atoms with Crippen molar-refractivity contribution >= 4 is 5.91 Å². The fraction of sp³-hybridized carbons (Fsp3) is 0.500. The lowest BCUT2D eigenvalue weighted by atomic mass is 9.78. The first-order chi connectivity index (χ1) is 10.8. The van der Waals surface area contributed by atoms with Crippen LogP contribution in [-0.2, 0) is 16.8 Å². The maximum Gasteiger partial charge on any atom is 0.222 e. The quantitative estimate of drug-likeness (QED) is 0.887. The van der Waals surface area contributed by atoms with Crippen LogP contribution in [-0.4, -0.2) is 17.0 Å². The van der Waals surface area contributed by atoms with Crippen molar-refractivity contribution in [2.24, 2.45) is 0 Å². The highest BCUT2D eigenvalue weighted by Crippen LogP contribution is 2.37. The smallest absolute Gasteiger partial charge is 0.222 e. The molecule has 4 heteroatoms. The highest BCUT2D eigenvalue weighted by Gasteiger charge is 2.35. The van der Waals surface area contributed by atoms with E-state index in [0.717, 1.165) is 25.0 Å². The minimum Gasteiger partial charge on any atom is -0.469 e. The molecule has 1 fully saturated rings. The van der Waals surface area contributed by atoms with Gasteiger partial charge in [0, 0.05) is 25.4 Å². The van der Waals surface area contributed by atoms with Crippen LogP contribution in [0.15, 0.2) is 47.3 Å². The van der Waals surface area contributed by atoms with Gasteiger partial charge in [-0.3, -0.25) is 4.79 Å². The molecule has 0 radical (unpaired) electrons. The van der Waals surface area contributed by atoms with E-state index in [1.54, 1.807) is 6.26 Å². The molecule has 0 spiro atoms. The summed E-state index contributed by atoms with van der Waals surface area (Å²) in [5.74, 6) is 1.06. The molecule has 2 aromatic heterocycles. The van der Waals surface area contributed by atoms with E-state index in [1.165, 1.54) is 19.3 Å². The largest absolute Gasteiger partial charge is 0.469 e. The van der Waals surface area contributed by atoms with Crippen LogP contribution >= 0.6 is 0 Å². The Morgan fingerprint density at radius 1 is 1.18 bits per heavy atom. The number of carbonyl (C=O) groups excluding carboxylic acids is 1. The molecule has 2 aromatic rings. The molecule has 0 saturated heterocycles. The van der Waals surface area contributed by atoms with Crippen molar-refractivity contribution in [1.29, 1.82) is 0 Å². The Balaban J connectivity index is 1.57. The van der Waals surface area contributed by atoms with Gasteiger partial charge >= 0.3 is 0 Å². The van der Waals surface area contributed by atoms with Crippen molar-refractivity contribution in [1.82, 2.24) is 9.88 Å². The lowest BCUT2D eigenvalue weighted by Gasteiger charge is -2.38. The van der Waals surface area contributed by atoms with Crippen LogP contribution in [0.5, 0.6) is 0 Å². The minimum absolute atomic E-state index is 0.0312. The zero-order valence-corrected chi connectivity index (χ0v) is 13.0. The molecule has 1 N–H and O–H groups in total. The summed E-state index contributed by atoms with van der Waals surface area (Å²) in [6, 6.07) is 7.91. The summed E-state index contributed by atoms with van der Waals surface area (Å²) in [4.78, 5) is 12.4. The zero-order chi connectivity index (χ0) is 15.3. The maximum atomic E-state index is 12.4. The van der Waals surface area contributed by atoms with Gasteiger partial charge in [-0.15, -0.1) is 0 Å². The van der Waals surface area contributed by atoms with Crippen LogP contribution < -0.4 is 5.32 Å². The zero-order valence-electron chi connectivity index (χ0n) is 13.0. The third-order valence-electron chi connectivity index (χ3n) is 4.70. The summed E-state index contributed by atoms with van der Waals surface area (Å²) in [5.41, 5.74) is -0.0312. The molecule has 0 atom stereocenters. The first-order valence-electron chi connectivity index (χ1n) is 8.21. The third-order valence-corrected chi connectivity index (χ3v) is 4.70. The fourth-order valence-electron chi connectivity index (χ4n) is 3.53. The number of furan rings is 1. The van der Waals surface area contributed by atoms with Gasteiger partial charge in [0.05, 0.1) is 18.2 Å². The molecule has 1 saturated carbocycles. The second-order valence-electron chi connectivity index (χ2n) is 6.23. The Morgan fingerprint density at radius 3 is 2.64 bits per heavy atom. The van der Waals surface area contributed by atoms with E-state index in [2.05, 4.69) is 22.3 Å². The first kappa shape index (κ1) is 14.9. The number of hydrogen-bond acceptors (Lipinski definition) is 2. The molecule has 0 unspecified atom stereocenters. The molecule has 0 bridgehead atoms. The van der Waals surface area contributed by atoms with Crippen molar-refractivity contribution < 1.29 is 9.21 Å². The Bertz CT molecular complexity index is 566. The predicted octanol–water partition coefficient (Wildman–Crippen LogP) is 3.49. The molecular formula is C18H24N2O2. The van der Waals surface area contributed by atoms with Crippen LogP contribution in [0, 0.1) is 0 Å². The van der Waals surface area contributed by atoms with Crippen molar-refractivity contribution in [3.05, 3.63) is 48.7 Å². The third kappa shape index (κ3) is 3.43. The van der Waals surface area contributed by atoms with E-state index < -0.39 is 0 Å². The maximum absolute atomic E-state index is 12.4. The molecule has 1 aliphatic carbocycles. The SMILES string of the molecule is O=C(CC1(n2cccc2)CCCCC1)NCCc1ccco1. The normalized spacial score (nSPS) is 17.3. The van der Waals surface area contributed by atoms with E-state index in [-0.39, 0.29) is 11.4 Å². The summed E-state index contributed by atoms with van der Waals surface area (Å²) in [7, 11) is 0. The van der Waals surface area contributed by atoms with E-state index in [9.17, 15) is 4.79 Å². The Labute approximate surface area is 131 Å². The second kappa shape index (κ2) is 6.86. The van der Waals surface area contributed by atoms with Crippen LogP contribution in [0.3, 0.4) is 0 Å². The number of nitrogens with one attached hydrogen (secondary N) is 1. The minimum atomic E-state index is -0.0312. The van der Waals surface area contributed by atoms with Gasteiger partial charge in [0.1, 0.15) is 5.76 Å². The summed E-state index contributed by atoms with van der Waals surface area (Å²) in [6.07, 6.45) is 13.1. The fourth-order valence-corrected chi connectivity index (χ4v) is 3.53.